The van der Waals surface area contributed by atoms with Crippen molar-refractivity contribution in [2.75, 3.05) is 4.90 Å². The second-order valence-corrected chi connectivity index (χ2v) is 12.1. The first kappa shape index (κ1) is 27.9. The zero-order valence-electron chi connectivity index (χ0n) is 26.3. The van der Waals surface area contributed by atoms with Gasteiger partial charge in [0.1, 0.15) is 11.3 Å². The second-order valence-electron chi connectivity index (χ2n) is 12.1. The van der Waals surface area contributed by atoms with Crippen LogP contribution in [0.3, 0.4) is 0 Å². The van der Waals surface area contributed by atoms with Gasteiger partial charge in [-0.2, -0.15) is 0 Å². The highest BCUT2D eigenvalue weighted by Gasteiger charge is 2.21. The Kier molecular flexibility index (Phi) is 6.84. The number of benzene rings is 8. The smallest absolute Gasteiger partial charge is 0.143 e. The number of hydrogen-bond acceptors (Lipinski definition) is 2. The monoisotopic (exact) mass is 613 g/mol. The van der Waals surface area contributed by atoms with Crippen LogP contribution < -0.4 is 4.90 Å². The van der Waals surface area contributed by atoms with Gasteiger partial charge in [0.05, 0.1) is 5.69 Å². The average molecular weight is 614 g/mol. The maximum absolute atomic E-state index is 6.66. The summed E-state index contributed by atoms with van der Waals surface area (Å²) in [5, 5.41) is 5.99. The minimum atomic E-state index is 0.868. The Hall–Kier alpha value is -6.38. The van der Waals surface area contributed by atoms with Crippen molar-refractivity contribution < 1.29 is 4.42 Å². The molecule has 2 nitrogen and oxygen atoms in total. The first-order valence-electron chi connectivity index (χ1n) is 16.4. The third-order valence-electron chi connectivity index (χ3n) is 9.24. The van der Waals surface area contributed by atoms with Crippen molar-refractivity contribution in [3.05, 3.63) is 188 Å². The Labute approximate surface area is 279 Å². The molecule has 8 aromatic carbocycles. The summed E-state index contributed by atoms with van der Waals surface area (Å²) in [6, 6.07) is 66.8. The van der Waals surface area contributed by atoms with Crippen molar-refractivity contribution in [3.63, 3.8) is 0 Å². The van der Waals surface area contributed by atoms with Gasteiger partial charge in [0.15, 0.2) is 0 Å². The van der Waals surface area contributed by atoms with Crippen molar-refractivity contribution in [1.82, 2.24) is 0 Å². The first-order valence-corrected chi connectivity index (χ1v) is 16.4. The molecule has 226 valence electrons. The zero-order valence-corrected chi connectivity index (χ0v) is 26.3. The summed E-state index contributed by atoms with van der Waals surface area (Å²) in [4.78, 5) is 2.39. The van der Waals surface area contributed by atoms with E-state index in [1.54, 1.807) is 0 Å². The van der Waals surface area contributed by atoms with Crippen molar-refractivity contribution in [3.8, 4) is 33.6 Å². The molecular formula is C46H31NO. The molecule has 0 aliphatic carbocycles. The van der Waals surface area contributed by atoms with Crippen LogP contribution in [0.2, 0.25) is 0 Å². The Bertz CT molecular complexity index is 2550. The molecule has 0 atom stereocenters. The number of fused-ring (bicyclic) bond motifs is 4. The summed E-state index contributed by atoms with van der Waals surface area (Å²) in [6.45, 7) is 0. The van der Waals surface area contributed by atoms with Gasteiger partial charge in [-0.05, 0) is 69.2 Å². The van der Waals surface area contributed by atoms with Crippen LogP contribution in [0.4, 0.5) is 17.1 Å². The number of para-hydroxylation sites is 1. The maximum Gasteiger partial charge on any atom is 0.143 e. The van der Waals surface area contributed by atoms with E-state index in [9.17, 15) is 0 Å². The zero-order chi connectivity index (χ0) is 31.9. The standard InChI is InChI=1S/C46H31NO/c1-3-14-32(15-4-1)33-26-28-37(29-27-33)47(43-31-35-18-7-8-21-39(35)40-22-9-10-23-41(40)43)38-20-13-19-36(30-38)46-45(34-16-5-2-6-17-34)42-24-11-12-25-44(42)48-46/h1-31H. The van der Waals surface area contributed by atoms with Crippen LogP contribution >= 0.6 is 0 Å². The van der Waals surface area contributed by atoms with E-state index in [0.29, 0.717) is 0 Å². The molecule has 0 saturated heterocycles. The maximum atomic E-state index is 6.66. The van der Waals surface area contributed by atoms with E-state index < -0.39 is 0 Å². The third-order valence-corrected chi connectivity index (χ3v) is 9.24. The molecule has 0 aliphatic rings. The van der Waals surface area contributed by atoms with Crippen molar-refractivity contribution in [2.24, 2.45) is 0 Å². The lowest BCUT2D eigenvalue weighted by molar-refractivity contribution is 0.632. The molecule has 0 unspecified atom stereocenters. The van der Waals surface area contributed by atoms with Gasteiger partial charge in [-0.15, -0.1) is 0 Å². The second kappa shape index (κ2) is 11.8. The van der Waals surface area contributed by atoms with Crippen LogP contribution in [-0.2, 0) is 0 Å². The molecule has 0 N–H and O–H groups in total. The molecule has 1 aromatic heterocycles. The molecule has 0 spiro atoms. The lowest BCUT2D eigenvalue weighted by Crippen LogP contribution is -2.10. The average Bonchev–Trinajstić information content (AvgIpc) is 3.56. The highest BCUT2D eigenvalue weighted by Crippen LogP contribution is 2.45. The van der Waals surface area contributed by atoms with E-state index in [1.807, 2.05) is 6.07 Å². The predicted octanol–water partition coefficient (Wildman–Crippen LogP) is 13.2. The van der Waals surface area contributed by atoms with Crippen LogP contribution in [0.5, 0.6) is 0 Å². The molecule has 0 bridgehead atoms. The highest BCUT2D eigenvalue weighted by atomic mass is 16.3. The van der Waals surface area contributed by atoms with Crippen LogP contribution in [0, 0.1) is 0 Å². The van der Waals surface area contributed by atoms with Gasteiger partial charge in [0, 0.05) is 33.3 Å². The molecule has 0 fully saturated rings. The molecule has 0 amide bonds. The molecule has 9 aromatic rings. The molecule has 48 heavy (non-hydrogen) atoms. The number of anilines is 3. The summed E-state index contributed by atoms with van der Waals surface area (Å²) < 4.78 is 6.66. The van der Waals surface area contributed by atoms with E-state index >= 15 is 0 Å². The van der Waals surface area contributed by atoms with Crippen LogP contribution in [0.25, 0.3) is 66.1 Å². The normalized spacial score (nSPS) is 11.3. The molecular weight excluding hydrogens is 583 g/mol. The SMILES string of the molecule is c1ccc(-c2ccc(N(c3cccc(-c4oc5ccccc5c4-c4ccccc4)c3)c3cc4ccccc4c4ccccc34)cc2)cc1. The van der Waals surface area contributed by atoms with Gasteiger partial charge in [0.25, 0.3) is 0 Å². The number of furan rings is 1. The molecule has 9 rings (SSSR count). The predicted molar refractivity (Wildman–Crippen MR) is 202 cm³/mol. The molecule has 2 heteroatoms. The lowest BCUT2D eigenvalue weighted by atomic mass is 9.97. The summed E-state index contributed by atoms with van der Waals surface area (Å²) in [5.74, 6) is 0.868. The van der Waals surface area contributed by atoms with Gasteiger partial charge in [0.2, 0.25) is 0 Å². The number of hydrogen-bond donors (Lipinski definition) is 0. The van der Waals surface area contributed by atoms with Gasteiger partial charge in [-0.25, -0.2) is 0 Å². The highest BCUT2D eigenvalue weighted by molar-refractivity contribution is 6.14. The number of rotatable bonds is 6. The molecule has 0 aliphatic heterocycles. The molecule has 1 heterocycles. The van der Waals surface area contributed by atoms with Gasteiger partial charge in [-0.3, -0.25) is 0 Å². The van der Waals surface area contributed by atoms with Crippen LogP contribution in [-0.4, -0.2) is 0 Å². The number of nitrogens with zero attached hydrogens (tertiary/aromatic N) is 1. The third kappa shape index (κ3) is 4.83. The van der Waals surface area contributed by atoms with E-state index in [1.165, 1.54) is 32.7 Å². The molecule has 0 radical (unpaired) electrons. The van der Waals surface area contributed by atoms with E-state index in [4.69, 9.17) is 4.42 Å². The summed E-state index contributed by atoms with van der Waals surface area (Å²) in [5.41, 5.74) is 9.80. The fraction of sp³-hybridized carbons (Fsp3) is 0. The van der Waals surface area contributed by atoms with Gasteiger partial charge >= 0.3 is 0 Å². The Balaban J connectivity index is 1.27. The van der Waals surface area contributed by atoms with Crippen LogP contribution in [0.15, 0.2) is 192 Å². The van der Waals surface area contributed by atoms with Crippen molar-refractivity contribution in [2.45, 2.75) is 0 Å². The minimum absolute atomic E-state index is 0.868. The topological polar surface area (TPSA) is 16.4 Å². The fourth-order valence-corrected chi connectivity index (χ4v) is 7.01. The lowest BCUT2D eigenvalue weighted by Gasteiger charge is -2.28. The van der Waals surface area contributed by atoms with Crippen molar-refractivity contribution in [1.29, 1.82) is 0 Å². The van der Waals surface area contributed by atoms with E-state index in [2.05, 4.69) is 187 Å². The summed E-state index contributed by atoms with van der Waals surface area (Å²) in [6.07, 6.45) is 0. The minimum Gasteiger partial charge on any atom is -0.455 e. The van der Waals surface area contributed by atoms with Gasteiger partial charge in [-0.1, -0.05) is 152 Å². The Morgan fingerprint density at radius 2 is 0.938 bits per heavy atom. The quantitative estimate of drug-likeness (QED) is 0.174. The van der Waals surface area contributed by atoms with E-state index in [0.717, 1.165) is 50.5 Å². The largest absolute Gasteiger partial charge is 0.455 e. The first-order chi connectivity index (χ1) is 23.8. The Morgan fingerprint density at radius 1 is 0.354 bits per heavy atom. The fourth-order valence-electron chi connectivity index (χ4n) is 7.01. The summed E-state index contributed by atoms with van der Waals surface area (Å²) in [7, 11) is 0. The van der Waals surface area contributed by atoms with Crippen LogP contribution in [0.1, 0.15) is 0 Å². The molecule has 0 saturated carbocycles. The Morgan fingerprint density at radius 3 is 1.71 bits per heavy atom. The summed E-state index contributed by atoms with van der Waals surface area (Å²) >= 11 is 0. The van der Waals surface area contributed by atoms with Gasteiger partial charge < -0.3 is 9.32 Å². The van der Waals surface area contributed by atoms with Crippen molar-refractivity contribution >= 4 is 49.6 Å². The van der Waals surface area contributed by atoms with E-state index in [-0.39, 0.29) is 0 Å².